The van der Waals surface area contributed by atoms with Crippen molar-refractivity contribution < 1.29 is 14.6 Å². The molecule has 0 amide bonds. The predicted molar refractivity (Wildman–Crippen MR) is 75.7 cm³/mol. The monoisotopic (exact) mass is 265 g/mol. The molecule has 19 heavy (non-hydrogen) atoms. The number of benzene rings is 1. The molecule has 0 heterocycles. The second-order valence-corrected chi connectivity index (χ2v) is 4.59. The number of carboxylic acids is 1. The van der Waals surface area contributed by atoms with E-state index >= 15 is 0 Å². The van der Waals surface area contributed by atoms with Crippen molar-refractivity contribution in [3.05, 3.63) is 29.8 Å². The number of carboxylic acid groups (broad SMARTS) is 1. The molecule has 0 spiro atoms. The molecule has 0 radical (unpaired) electrons. The molecule has 0 aliphatic rings. The van der Waals surface area contributed by atoms with Gasteiger partial charge in [-0.15, -0.1) is 0 Å². The van der Waals surface area contributed by atoms with E-state index in [9.17, 15) is 4.79 Å². The van der Waals surface area contributed by atoms with Gasteiger partial charge in [-0.3, -0.25) is 4.79 Å². The standard InChI is InChI=1S/C15H23NO3/c1-3-16(11-9-15(17)18)10-4-12-19-14-7-5-13(2)6-8-14/h5-8H,3-4,9-12H2,1-2H3,(H,17,18). The van der Waals surface area contributed by atoms with E-state index in [0.717, 1.165) is 25.3 Å². The molecule has 0 saturated carbocycles. The zero-order chi connectivity index (χ0) is 14.1. The molecular formula is C15H23NO3. The van der Waals surface area contributed by atoms with Crippen molar-refractivity contribution in [1.82, 2.24) is 4.90 Å². The van der Waals surface area contributed by atoms with Gasteiger partial charge in [0.25, 0.3) is 0 Å². The Kier molecular flexibility index (Phi) is 6.97. The third-order valence-corrected chi connectivity index (χ3v) is 3.00. The summed E-state index contributed by atoms with van der Waals surface area (Å²) in [6.45, 7) is 7.10. The molecule has 1 rings (SSSR count). The first-order valence-electron chi connectivity index (χ1n) is 6.75. The molecule has 4 heteroatoms. The lowest BCUT2D eigenvalue weighted by Gasteiger charge is -2.19. The van der Waals surface area contributed by atoms with Crippen LogP contribution in [0.15, 0.2) is 24.3 Å². The lowest BCUT2D eigenvalue weighted by molar-refractivity contribution is -0.137. The molecule has 0 atom stereocenters. The lowest BCUT2D eigenvalue weighted by atomic mass is 10.2. The number of carbonyl (C=O) groups is 1. The average Bonchev–Trinajstić information content (AvgIpc) is 2.40. The summed E-state index contributed by atoms with van der Waals surface area (Å²) in [6, 6.07) is 8.00. The first-order valence-corrected chi connectivity index (χ1v) is 6.75. The van der Waals surface area contributed by atoms with E-state index in [1.807, 2.05) is 38.1 Å². The van der Waals surface area contributed by atoms with Crippen LogP contribution in [0.3, 0.4) is 0 Å². The van der Waals surface area contributed by atoms with Crippen molar-refractivity contribution >= 4 is 5.97 Å². The smallest absolute Gasteiger partial charge is 0.304 e. The third kappa shape index (κ3) is 6.82. The first-order chi connectivity index (χ1) is 9.11. The zero-order valence-corrected chi connectivity index (χ0v) is 11.8. The van der Waals surface area contributed by atoms with Gasteiger partial charge in [0, 0.05) is 13.1 Å². The van der Waals surface area contributed by atoms with Crippen molar-refractivity contribution in [3.63, 3.8) is 0 Å². The Bertz CT molecular complexity index is 375. The highest BCUT2D eigenvalue weighted by Gasteiger charge is 2.05. The molecule has 0 aliphatic carbocycles. The Hall–Kier alpha value is -1.55. The average molecular weight is 265 g/mol. The van der Waals surface area contributed by atoms with Crippen molar-refractivity contribution in [1.29, 1.82) is 0 Å². The molecule has 4 nitrogen and oxygen atoms in total. The summed E-state index contributed by atoms with van der Waals surface area (Å²) < 4.78 is 5.64. The van der Waals surface area contributed by atoms with Crippen LogP contribution in [0.25, 0.3) is 0 Å². The number of aliphatic carboxylic acids is 1. The fraction of sp³-hybridized carbons (Fsp3) is 0.533. The maximum Gasteiger partial charge on any atom is 0.304 e. The molecule has 0 fully saturated rings. The molecular weight excluding hydrogens is 242 g/mol. The van der Waals surface area contributed by atoms with Gasteiger partial charge in [0.15, 0.2) is 0 Å². The van der Waals surface area contributed by atoms with Gasteiger partial charge in [0.2, 0.25) is 0 Å². The summed E-state index contributed by atoms with van der Waals surface area (Å²) in [5.74, 6) is 0.147. The molecule has 1 aromatic rings. The highest BCUT2D eigenvalue weighted by Crippen LogP contribution is 2.11. The molecule has 0 bridgehead atoms. The molecule has 106 valence electrons. The zero-order valence-electron chi connectivity index (χ0n) is 11.8. The van der Waals surface area contributed by atoms with Gasteiger partial charge in [0.1, 0.15) is 5.75 Å². The summed E-state index contributed by atoms with van der Waals surface area (Å²) in [5, 5.41) is 8.65. The number of rotatable bonds is 9. The normalized spacial score (nSPS) is 10.7. The molecule has 0 saturated heterocycles. The van der Waals surface area contributed by atoms with Crippen LogP contribution in [0.2, 0.25) is 0 Å². The Morgan fingerprint density at radius 3 is 2.53 bits per heavy atom. The fourth-order valence-corrected chi connectivity index (χ4v) is 1.79. The van der Waals surface area contributed by atoms with Crippen molar-refractivity contribution in [3.8, 4) is 5.75 Å². The SMILES string of the molecule is CCN(CCCOc1ccc(C)cc1)CCC(=O)O. The van der Waals surface area contributed by atoms with Crippen molar-refractivity contribution in [2.75, 3.05) is 26.2 Å². The Labute approximate surface area is 115 Å². The van der Waals surface area contributed by atoms with Crippen molar-refractivity contribution in [2.24, 2.45) is 0 Å². The number of ether oxygens (including phenoxy) is 1. The molecule has 1 N–H and O–H groups in total. The number of hydrogen-bond acceptors (Lipinski definition) is 3. The van der Waals surface area contributed by atoms with E-state index < -0.39 is 5.97 Å². The maximum atomic E-state index is 10.5. The van der Waals surface area contributed by atoms with Gasteiger partial charge >= 0.3 is 5.97 Å². The van der Waals surface area contributed by atoms with Crippen LogP contribution in [-0.2, 0) is 4.79 Å². The van der Waals surface area contributed by atoms with E-state index in [0.29, 0.717) is 13.2 Å². The summed E-state index contributed by atoms with van der Waals surface area (Å²) in [7, 11) is 0. The van der Waals surface area contributed by atoms with E-state index in [2.05, 4.69) is 4.90 Å². The van der Waals surface area contributed by atoms with Crippen LogP contribution in [-0.4, -0.2) is 42.2 Å². The quantitative estimate of drug-likeness (QED) is 0.697. The predicted octanol–water partition coefficient (Wildman–Crippen LogP) is 2.56. The second kappa shape index (κ2) is 8.53. The topological polar surface area (TPSA) is 49.8 Å². The number of hydrogen-bond donors (Lipinski definition) is 1. The highest BCUT2D eigenvalue weighted by atomic mass is 16.5. The fourth-order valence-electron chi connectivity index (χ4n) is 1.79. The summed E-state index contributed by atoms with van der Waals surface area (Å²) in [6.07, 6.45) is 1.11. The van der Waals surface area contributed by atoms with Crippen LogP contribution in [0.4, 0.5) is 0 Å². The van der Waals surface area contributed by atoms with Gasteiger partial charge < -0.3 is 14.7 Å². The lowest BCUT2D eigenvalue weighted by Crippen LogP contribution is -2.28. The molecule has 0 aliphatic heterocycles. The van der Waals surface area contributed by atoms with E-state index in [-0.39, 0.29) is 6.42 Å². The van der Waals surface area contributed by atoms with Gasteiger partial charge in [-0.1, -0.05) is 24.6 Å². The minimum Gasteiger partial charge on any atom is -0.494 e. The largest absolute Gasteiger partial charge is 0.494 e. The van der Waals surface area contributed by atoms with Gasteiger partial charge in [-0.05, 0) is 32.0 Å². The van der Waals surface area contributed by atoms with Crippen LogP contribution in [0.5, 0.6) is 5.75 Å². The minimum atomic E-state index is -0.741. The van der Waals surface area contributed by atoms with Crippen LogP contribution >= 0.6 is 0 Å². The summed E-state index contributed by atoms with van der Waals surface area (Å²) in [4.78, 5) is 12.6. The summed E-state index contributed by atoms with van der Waals surface area (Å²) in [5.41, 5.74) is 1.22. The molecule has 0 unspecified atom stereocenters. The van der Waals surface area contributed by atoms with Crippen LogP contribution < -0.4 is 4.74 Å². The van der Waals surface area contributed by atoms with Crippen molar-refractivity contribution in [2.45, 2.75) is 26.7 Å². The summed E-state index contributed by atoms with van der Waals surface area (Å²) >= 11 is 0. The first kappa shape index (κ1) is 15.5. The van der Waals surface area contributed by atoms with Gasteiger partial charge in [-0.25, -0.2) is 0 Å². The Balaban J connectivity index is 2.18. The van der Waals surface area contributed by atoms with E-state index in [1.54, 1.807) is 0 Å². The van der Waals surface area contributed by atoms with Crippen LogP contribution in [0, 0.1) is 6.92 Å². The molecule has 1 aromatic carbocycles. The molecule has 0 aromatic heterocycles. The van der Waals surface area contributed by atoms with E-state index in [1.165, 1.54) is 5.56 Å². The van der Waals surface area contributed by atoms with Gasteiger partial charge in [0.05, 0.1) is 13.0 Å². The Morgan fingerprint density at radius 2 is 1.95 bits per heavy atom. The highest BCUT2D eigenvalue weighted by molar-refractivity contribution is 5.66. The Morgan fingerprint density at radius 1 is 1.26 bits per heavy atom. The maximum absolute atomic E-state index is 10.5. The minimum absolute atomic E-state index is 0.201. The van der Waals surface area contributed by atoms with Gasteiger partial charge in [-0.2, -0.15) is 0 Å². The van der Waals surface area contributed by atoms with Crippen LogP contribution in [0.1, 0.15) is 25.3 Å². The number of aryl methyl sites for hydroxylation is 1. The van der Waals surface area contributed by atoms with E-state index in [4.69, 9.17) is 9.84 Å². The second-order valence-electron chi connectivity index (χ2n) is 4.59. The third-order valence-electron chi connectivity index (χ3n) is 3.00. The number of nitrogens with zero attached hydrogens (tertiary/aromatic N) is 1.